The largest absolute Gasteiger partial charge is 0.497 e. The van der Waals surface area contributed by atoms with Gasteiger partial charge in [0.1, 0.15) is 23.0 Å². The van der Waals surface area contributed by atoms with Gasteiger partial charge in [0.15, 0.2) is 0 Å². The number of esters is 2. The van der Waals surface area contributed by atoms with Crippen molar-refractivity contribution in [3.8, 4) is 23.0 Å². The SMILES string of the molecule is CCOC(=O)C(=C/c1ccc(OC)cc1OC)/C(=C\c1ccc(OC)cc1OC)C(=O)OCC. The van der Waals surface area contributed by atoms with E-state index in [-0.39, 0.29) is 24.4 Å². The molecular formula is C26H30O8. The van der Waals surface area contributed by atoms with Crippen LogP contribution in [0.5, 0.6) is 23.0 Å². The lowest BCUT2D eigenvalue weighted by Gasteiger charge is -2.14. The molecule has 0 amide bonds. The van der Waals surface area contributed by atoms with Crippen molar-refractivity contribution < 1.29 is 38.0 Å². The van der Waals surface area contributed by atoms with Gasteiger partial charge >= 0.3 is 11.9 Å². The van der Waals surface area contributed by atoms with Crippen LogP contribution in [-0.4, -0.2) is 53.6 Å². The molecular weight excluding hydrogens is 440 g/mol. The van der Waals surface area contributed by atoms with Crippen molar-refractivity contribution in [1.82, 2.24) is 0 Å². The Balaban J connectivity index is 2.77. The van der Waals surface area contributed by atoms with Crippen molar-refractivity contribution in [3.63, 3.8) is 0 Å². The van der Waals surface area contributed by atoms with Crippen LogP contribution in [0.25, 0.3) is 12.2 Å². The Labute approximate surface area is 199 Å². The predicted octanol–water partition coefficient (Wildman–Crippen LogP) is 4.31. The molecule has 0 saturated carbocycles. The fraction of sp³-hybridized carbons (Fsp3) is 0.308. The van der Waals surface area contributed by atoms with E-state index in [1.54, 1.807) is 50.2 Å². The maximum atomic E-state index is 13.0. The molecule has 182 valence electrons. The second-order valence-electron chi connectivity index (χ2n) is 6.77. The summed E-state index contributed by atoms with van der Waals surface area (Å²) < 4.78 is 31.9. The van der Waals surface area contributed by atoms with Crippen molar-refractivity contribution in [2.75, 3.05) is 41.7 Å². The highest BCUT2D eigenvalue weighted by Crippen LogP contribution is 2.31. The van der Waals surface area contributed by atoms with E-state index in [0.29, 0.717) is 34.1 Å². The van der Waals surface area contributed by atoms with Gasteiger partial charge in [0.25, 0.3) is 0 Å². The second kappa shape index (κ2) is 12.9. The minimum absolute atomic E-state index is 0.00152. The molecule has 34 heavy (non-hydrogen) atoms. The molecule has 0 atom stereocenters. The van der Waals surface area contributed by atoms with Crippen molar-refractivity contribution in [2.24, 2.45) is 0 Å². The van der Waals surface area contributed by atoms with E-state index in [4.69, 9.17) is 28.4 Å². The number of methoxy groups -OCH3 is 4. The van der Waals surface area contributed by atoms with E-state index in [1.807, 2.05) is 0 Å². The zero-order chi connectivity index (χ0) is 25.1. The fourth-order valence-corrected chi connectivity index (χ4v) is 3.10. The molecule has 0 bridgehead atoms. The quantitative estimate of drug-likeness (QED) is 0.273. The van der Waals surface area contributed by atoms with Gasteiger partial charge in [-0.15, -0.1) is 0 Å². The summed E-state index contributed by atoms with van der Waals surface area (Å²) in [5.41, 5.74) is 1.09. The molecule has 0 aromatic heterocycles. The summed E-state index contributed by atoms with van der Waals surface area (Å²) in [4.78, 5) is 26.0. The van der Waals surface area contributed by atoms with Crippen LogP contribution < -0.4 is 18.9 Å². The first kappa shape index (κ1) is 26.3. The van der Waals surface area contributed by atoms with Gasteiger partial charge in [-0.2, -0.15) is 0 Å². The van der Waals surface area contributed by atoms with E-state index in [1.165, 1.54) is 40.6 Å². The lowest BCUT2D eigenvalue weighted by Crippen LogP contribution is -2.17. The average Bonchev–Trinajstić information content (AvgIpc) is 2.86. The van der Waals surface area contributed by atoms with Crippen molar-refractivity contribution in [3.05, 3.63) is 58.7 Å². The molecule has 8 nitrogen and oxygen atoms in total. The normalized spacial score (nSPS) is 11.5. The first-order valence-electron chi connectivity index (χ1n) is 10.6. The van der Waals surface area contributed by atoms with Gasteiger partial charge < -0.3 is 28.4 Å². The molecule has 0 radical (unpaired) electrons. The van der Waals surface area contributed by atoms with Crippen LogP contribution in [0, 0.1) is 0 Å². The van der Waals surface area contributed by atoms with E-state index in [2.05, 4.69) is 0 Å². The third-order valence-electron chi connectivity index (χ3n) is 4.76. The highest BCUT2D eigenvalue weighted by molar-refractivity contribution is 6.13. The minimum atomic E-state index is -0.688. The highest BCUT2D eigenvalue weighted by Gasteiger charge is 2.25. The van der Waals surface area contributed by atoms with Crippen LogP contribution in [-0.2, 0) is 19.1 Å². The van der Waals surface area contributed by atoms with Crippen LogP contribution in [0.3, 0.4) is 0 Å². The average molecular weight is 471 g/mol. The standard InChI is InChI=1S/C26H30O8/c1-7-33-25(27)21(13-17-9-11-19(29-3)15-23(17)31-5)22(26(28)34-8-2)14-18-10-12-20(30-4)16-24(18)32-6/h9-16H,7-8H2,1-6H3/b21-13+,22-14+. The first-order chi connectivity index (χ1) is 16.4. The third kappa shape index (κ3) is 6.54. The summed E-state index contributed by atoms with van der Waals surface area (Å²) in [7, 11) is 6.08. The Hall–Kier alpha value is -3.94. The first-order valence-corrected chi connectivity index (χ1v) is 10.6. The smallest absolute Gasteiger partial charge is 0.339 e. The highest BCUT2D eigenvalue weighted by atomic mass is 16.5. The van der Waals surface area contributed by atoms with Crippen LogP contribution >= 0.6 is 0 Å². The van der Waals surface area contributed by atoms with Crippen molar-refractivity contribution >= 4 is 24.1 Å². The number of hydrogen-bond donors (Lipinski definition) is 0. The van der Waals surface area contributed by atoms with Crippen LogP contribution in [0.15, 0.2) is 47.5 Å². The zero-order valence-corrected chi connectivity index (χ0v) is 20.3. The Bertz CT molecular complexity index is 983. The molecule has 0 saturated heterocycles. The van der Waals surface area contributed by atoms with Crippen molar-refractivity contribution in [2.45, 2.75) is 13.8 Å². The van der Waals surface area contributed by atoms with Gasteiger partial charge in [0.2, 0.25) is 0 Å². The number of hydrogen-bond acceptors (Lipinski definition) is 8. The zero-order valence-electron chi connectivity index (χ0n) is 20.3. The number of ether oxygens (including phenoxy) is 6. The van der Waals surface area contributed by atoms with Crippen LogP contribution in [0.1, 0.15) is 25.0 Å². The summed E-state index contributed by atoms with van der Waals surface area (Å²) >= 11 is 0. The molecule has 0 N–H and O–H groups in total. The van der Waals surface area contributed by atoms with Gasteiger partial charge in [0.05, 0.1) is 52.8 Å². The van der Waals surface area contributed by atoms with Crippen LogP contribution in [0.4, 0.5) is 0 Å². The fourth-order valence-electron chi connectivity index (χ4n) is 3.10. The Morgan fingerprint density at radius 3 is 1.32 bits per heavy atom. The summed E-state index contributed by atoms with van der Waals surface area (Å²) in [6.07, 6.45) is 3.05. The molecule has 2 rings (SSSR count). The minimum Gasteiger partial charge on any atom is -0.497 e. The molecule has 2 aromatic rings. The second-order valence-corrected chi connectivity index (χ2v) is 6.77. The molecule has 0 aliphatic heterocycles. The molecule has 8 heteroatoms. The molecule has 0 heterocycles. The summed E-state index contributed by atoms with van der Waals surface area (Å²) in [6.45, 7) is 3.61. The molecule has 2 aromatic carbocycles. The van der Waals surface area contributed by atoms with Gasteiger partial charge in [-0.05, 0) is 50.3 Å². The van der Waals surface area contributed by atoms with Gasteiger partial charge in [-0.1, -0.05) is 0 Å². The lowest BCUT2D eigenvalue weighted by molar-refractivity contribution is -0.141. The Kier molecular flexibility index (Phi) is 10.0. The Morgan fingerprint density at radius 2 is 1.03 bits per heavy atom. The maximum Gasteiger partial charge on any atom is 0.339 e. The van der Waals surface area contributed by atoms with E-state index < -0.39 is 11.9 Å². The van der Waals surface area contributed by atoms with Crippen LogP contribution in [0.2, 0.25) is 0 Å². The molecule has 0 spiro atoms. The van der Waals surface area contributed by atoms with E-state index >= 15 is 0 Å². The maximum absolute atomic E-state index is 13.0. The third-order valence-corrected chi connectivity index (χ3v) is 4.76. The number of rotatable bonds is 11. The number of carbonyl (C=O) groups excluding carboxylic acids is 2. The monoisotopic (exact) mass is 470 g/mol. The summed E-state index contributed by atoms with van der Waals surface area (Å²) in [5, 5.41) is 0. The number of benzene rings is 2. The van der Waals surface area contributed by atoms with Gasteiger partial charge in [-0.3, -0.25) is 0 Å². The molecule has 0 aliphatic carbocycles. The Morgan fingerprint density at radius 1 is 0.647 bits per heavy atom. The molecule has 0 aliphatic rings. The van der Waals surface area contributed by atoms with E-state index in [0.717, 1.165) is 0 Å². The lowest BCUT2D eigenvalue weighted by atomic mass is 9.99. The summed E-state index contributed by atoms with van der Waals surface area (Å²) in [6, 6.07) is 10.2. The van der Waals surface area contributed by atoms with Gasteiger partial charge in [-0.25, -0.2) is 9.59 Å². The molecule has 0 unspecified atom stereocenters. The predicted molar refractivity (Wildman–Crippen MR) is 128 cm³/mol. The topological polar surface area (TPSA) is 89.5 Å². The molecule has 0 fully saturated rings. The van der Waals surface area contributed by atoms with E-state index in [9.17, 15) is 9.59 Å². The summed E-state index contributed by atoms with van der Waals surface area (Å²) in [5.74, 6) is 0.684. The van der Waals surface area contributed by atoms with Gasteiger partial charge in [0, 0.05) is 23.3 Å². The van der Waals surface area contributed by atoms with Crippen molar-refractivity contribution in [1.29, 1.82) is 0 Å². The number of carbonyl (C=O) groups is 2.